The van der Waals surface area contributed by atoms with Crippen LogP contribution in [0.25, 0.3) is 0 Å². The second-order valence-corrected chi connectivity index (χ2v) is 4.06. The predicted octanol–water partition coefficient (Wildman–Crippen LogP) is 3.08. The molecule has 1 fully saturated rings. The summed E-state index contributed by atoms with van der Waals surface area (Å²) in [5.41, 5.74) is 0.856. The van der Waals surface area contributed by atoms with Crippen molar-refractivity contribution in [1.82, 2.24) is 0 Å². The Balaban J connectivity index is 2.31. The Morgan fingerprint density at radius 1 is 1.36 bits per heavy atom. The van der Waals surface area contributed by atoms with Crippen molar-refractivity contribution in [3.63, 3.8) is 0 Å². The molecule has 11 heavy (non-hydrogen) atoms. The van der Waals surface area contributed by atoms with Gasteiger partial charge in [-0.15, -0.1) is 0 Å². The third-order valence-electron chi connectivity index (χ3n) is 2.02. The van der Waals surface area contributed by atoms with Gasteiger partial charge >= 0.3 is 0 Å². The van der Waals surface area contributed by atoms with Gasteiger partial charge in [0.15, 0.2) is 0 Å². The summed E-state index contributed by atoms with van der Waals surface area (Å²) in [7, 11) is 0. The van der Waals surface area contributed by atoms with Crippen molar-refractivity contribution in [2.75, 3.05) is 0 Å². The summed E-state index contributed by atoms with van der Waals surface area (Å²) in [5, 5.41) is 0. The number of alkyl halides is 1. The minimum atomic E-state index is -0.0700. The quantitative estimate of drug-likeness (QED) is 0.631. The molecule has 0 aromatic heterocycles. The van der Waals surface area contributed by atoms with Crippen LogP contribution in [-0.2, 0) is 0 Å². The Morgan fingerprint density at radius 3 is 2.55 bits per heavy atom. The highest BCUT2D eigenvalue weighted by Crippen LogP contribution is 2.47. The molecule has 1 aliphatic carbocycles. The van der Waals surface area contributed by atoms with Crippen molar-refractivity contribution >= 4 is 15.9 Å². The molecular formula is C9H8BrF. The highest BCUT2D eigenvalue weighted by Gasteiger charge is 2.37. The lowest BCUT2D eigenvalue weighted by Crippen LogP contribution is -1.86. The molecule has 1 aromatic rings. The molecule has 58 valence electrons. The van der Waals surface area contributed by atoms with Crippen molar-refractivity contribution in [2.24, 2.45) is 0 Å². The second-order valence-electron chi connectivity index (χ2n) is 2.88. The first kappa shape index (κ1) is 7.29. The zero-order valence-corrected chi connectivity index (χ0v) is 7.51. The van der Waals surface area contributed by atoms with Gasteiger partial charge < -0.3 is 0 Å². The van der Waals surface area contributed by atoms with E-state index in [1.165, 1.54) is 6.07 Å². The van der Waals surface area contributed by atoms with E-state index in [1.54, 1.807) is 6.07 Å². The van der Waals surface area contributed by atoms with Crippen LogP contribution in [0.4, 0.5) is 4.39 Å². The van der Waals surface area contributed by atoms with E-state index >= 15 is 0 Å². The molecule has 0 saturated heterocycles. The third-order valence-corrected chi connectivity index (χ3v) is 3.03. The minimum absolute atomic E-state index is 0.0700. The fraction of sp³-hybridized carbons (Fsp3) is 0.333. The zero-order chi connectivity index (χ0) is 7.84. The smallest absolute Gasteiger partial charge is 0.126 e. The van der Waals surface area contributed by atoms with Gasteiger partial charge in [-0.3, -0.25) is 0 Å². The summed E-state index contributed by atoms with van der Waals surface area (Å²) in [6, 6.07) is 7.00. The van der Waals surface area contributed by atoms with Crippen LogP contribution >= 0.6 is 15.9 Å². The van der Waals surface area contributed by atoms with E-state index in [4.69, 9.17) is 0 Å². The standard InChI is InChI=1S/C9H8BrF/c10-8-5-7(8)6-3-1-2-4-9(6)11/h1-4,7-8H,5H2/t7-,8-/m1/s1. The molecule has 1 saturated carbocycles. The second kappa shape index (κ2) is 2.59. The number of hydrogen-bond acceptors (Lipinski definition) is 0. The van der Waals surface area contributed by atoms with Gasteiger partial charge in [0.05, 0.1) is 0 Å². The Morgan fingerprint density at radius 2 is 2.00 bits per heavy atom. The molecule has 1 aromatic carbocycles. The van der Waals surface area contributed by atoms with Crippen molar-refractivity contribution in [3.05, 3.63) is 35.6 Å². The van der Waals surface area contributed by atoms with Crippen LogP contribution in [0.5, 0.6) is 0 Å². The number of rotatable bonds is 1. The molecule has 1 aliphatic rings. The SMILES string of the molecule is Fc1ccccc1[C@H]1C[C@H]1Br. The monoisotopic (exact) mass is 214 g/mol. The zero-order valence-electron chi connectivity index (χ0n) is 5.93. The highest BCUT2D eigenvalue weighted by molar-refractivity contribution is 9.09. The molecule has 0 radical (unpaired) electrons. The largest absolute Gasteiger partial charge is 0.207 e. The molecule has 0 aliphatic heterocycles. The molecule has 0 nitrogen and oxygen atoms in total. The normalized spacial score (nSPS) is 28.5. The molecule has 0 unspecified atom stereocenters. The van der Waals surface area contributed by atoms with Crippen molar-refractivity contribution in [1.29, 1.82) is 0 Å². The average molecular weight is 215 g/mol. The van der Waals surface area contributed by atoms with Crippen molar-refractivity contribution < 1.29 is 4.39 Å². The summed E-state index contributed by atoms with van der Waals surface area (Å²) >= 11 is 3.45. The summed E-state index contributed by atoms with van der Waals surface area (Å²) < 4.78 is 13.0. The van der Waals surface area contributed by atoms with Crippen LogP contribution in [0.15, 0.2) is 24.3 Å². The van der Waals surface area contributed by atoms with Gasteiger partial charge in [0.25, 0.3) is 0 Å². The van der Waals surface area contributed by atoms with Crippen LogP contribution < -0.4 is 0 Å². The van der Waals surface area contributed by atoms with Crippen LogP contribution in [0.3, 0.4) is 0 Å². The van der Waals surface area contributed by atoms with E-state index in [0.717, 1.165) is 12.0 Å². The van der Waals surface area contributed by atoms with Crippen LogP contribution in [0.1, 0.15) is 17.9 Å². The van der Waals surface area contributed by atoms with E-state index in [-0.39, 0.29) is 5.82 Å². The van der Waals surface area contributed by atoms with Gasteiger partial charge in [-0.25, -0.2) is 4.39 Å². The maximum Gasteiger partial charge on any atom is 0.126 e. The fourth-order valence-corrected chi connectivity index (χ4v) is 1.95. The molecule has 0 heterocycles. The molecule has 0 N–H and O–H groups in total. The maximum atomic E-state index is 13.0. The molecule has 2 atom stereocenters. The first-order chi connectivity index (χ1) is 5.29. The summed E-state index contributed by atoms with van der Waals surface area (Å²) in [6.07, 6.45) is 1.07. The average Bonchev–Trinajstić information content (AvgIpc) is 2.68. The Bertz CT molecular complexity index is 272. The van der Waals surface area contributed by atoms with Crippen LogP contribution in [0, 0.1) is 5.82 Å². The predicted molar refractivity (Wildman–Crippen MR) is 46.5 cm³/mol. The lowest BCUT2D eigenvalue weighted by atomic mass is 10.1. The lowest BCUT2D eigenvalue weighted by molar-refractivity contribution is 0.611. The van der Waals surface area contributed by atoms with Gasteiger partial charge in [0.2, 0.25) is 0 Å². The number of benzene rings is 1. The third kappa shape index (κ3) is 1.32. The summed E-state index contributed by atoms with van der Waals surface area (Å²) in [5.74, 6) is 0.343. The molecule has 0 bridgehead atoms. The Labute approximate surface area is 73.6 Å². The van der Waals surface area contributed by atoms with Gasteiger partial charge in [0, 0.05) is 10.7 Å². The highest BCUT2D eigenvalue weighted by atomic mass is 79.9. The van der Waals surface area contributed by atoms with E-state index < -0.39 is 0 Å². The van der Waals surface area contributed by atoms with Gasteiger partial charge in [0.1, 0.15) is 5.82 Å². The van der Waals surface area contributed by atoms with E-state index in [1.807, 2.05) is 12.1 Å². The topological polar surface area (TPSA) is 0 Å². The maximum absolute atomic E-state index is 13.0. The van der Waals surface area contributed by atoms with Crippen LogP contribution in [-0.4, -0.2) is 4.83 Å². The van der Waals surface area contributed by atoms with E-state index in [2.05, 4.69) is 15.9 Å². The van der Waals surface area contributed by atoms with Gasteiger partial charge in [-0.05, 0) is 18.1 Å². The fourth-order valence-electron chi connectivity index (χ4n) is 1.26. The summed E-state index contributed by atoms with van der Waals surface area (Å²) in [6.45, 7) is 0. The first-order valence-corrected chi connectivity index (χ1v) is 4.59. The van der Waals surface area contributed by atoms with E-state index in [9.17, 15) is 4.39 Å². The van der Waals surface area contributed by atoms with E-state index in [0.29, 0.717) is 10.7 Å². The van der Waals surface area contributed by atoms with Crippen molar-refractivity contribution in [3.8, 4) is 0 Å². The first-order valence-electron chi connectivity index (χ1n) is 3.67. The molecule has 0 amide bonds. The van der Waals surface area contributed by atoms with Gasteiger partial charge in [-0.2, -0.15) is 0 Å². The summed E-state index contributed by atoms with van der Waals surface area (Å²) in [4.78, 5) is 0.499. The molecule has 2 rings (SSSR count). The number of halogens is 2. The molecule has 2 heteroatoms. The Kier molecular flexibility index (Phi) is 1.72. The van der Waals surface area contributed by atoms with Crippen molar-refractivity contribution in [2.45, 2.75) is 17.2 Å². The minimum Gasteiger partial charge on any atom is -0.207 e. The molecular weight excluding hydrogens is 207 g/mol. The Hall–Kier alpha value is -0.370. The van der Waals surface area contributed by atoms with Crippen LogP contribution in [0.2, 0.25) is 0 Å². The molecule has 0 spiro atoms. The number of hydrogen-bond donors (Lipinski definition) is 0. The lowest BCUT2D eigenvalue weighted by Gasteiger charge is -1.97. The van der Waals surface area contributed by atoms with Gasteiger partial charge in [-0.1, -0.05) is 34.1 Å².